The van der Waals surface area contributed by atoms with Gasteiger partial charge < -0.3 is 10.6 Å². The van der Waals surface area contributed by atoms with E-state index in [1.54, 1.807) is 0 Å². The summed E-state index contributed by atoms with van der Waals surface area (Å²) in [6.45, 7) is 3.11. The second-order valence-electron chi connectivity index (χ2n) is 6.15. The Balaban J connectivity index is 1.38. The van der Waals surface area contributed by atoms with Crippen LogP contribution >= 0.6 is 0 Å². The minimum atomic E-state index is 0.210. The van der Waals surface area contributed by atoms with E-state index in [2.05, 4.69) is 34.9 Å². The van der Waals surface area contributed by atoms with Gasteiger partial charge in [0.2, 0.25) is 5.91 Å². The van der Waals surface area contributed by atoms with Gasteiger partial charge >= 0.3 is 0 Å². The number of nitrogens with one attached hydrogen (secondary N) is 2. The number of piperidine rings is 1. The van der Waals surface area contributed by atoms with E-state index in [1.165, 1.54) is 18.4 Å². The summed E-state index contributed by atoms with van der Waals surface area (Å²) in [5.41, 5.74) is 1.31. The summed E-state index contributed by atoms with van der Waals surface area (Å²) in [7, 11) is 0. The fourth-order valence-electron chi connectivity index (χ4n) is 3.25. The Morgan fingerprint density at radius 2 is 2.15 bits per heavy atom. The Labute approximate surface area is 121 Å². The van der Waals surface area contributed by atoms with Gasteiger partial charge in [-0.3, -0.25) is 4.79 Å². The lowest BCUT2D eigenvalue weighted by molar-refractivity contribution is -0.122. The predicted octanol–water partition coefficient (Wildman–Crippen LogP) is 2.30. The van der Waals surface area contributed by atoms with E-state index in [9.17, 15) is 4.79 Å². The van der Waals surface area contributed by atoms with Gasteiger partial charge in [-0.25, -0.2) is 0 Å². The monoisotopic (exact) mass is 272 g/mol. The molecule has 2 fully saturated rings. The Morgan fingerprint density at radius 1 is 1.30 bits per heavy atom. The van der Waals surface area contributed by atoms with Crippen molar-refractivity contribution >= 4 is 5.91 Å². The number of hydrogen-bond donors (Lipinski definition) is 2. The van der Waals surface area contributed by atoms with Crippen molar-refractivity contribution in [2.75, 3.05) is 19.6 Å². The van der Waals surface area contributed by atoms with Crippen LogP contribution in [0.2, 0.25) is 0 Å². The van der Waals surface area contributed by atoms with Gasteiger partial charge in [-0.05, 0) is 56.2 Å². The number of benzene rings is 1. The molecule has 3 rings (SSSR count). The highest BCUT2D eigenvalue weighted by Gasteiger charge is 2.43. The van der Waals surface area contributed by atoms with Gasteiger partial charge in [-0.1, -0.05) is 30.3 Å². The summed E-state index contributed by atoms with van der Waals surface area (Å²) in [5.74, 6) is 1.66. The van der Waals surface area contributed by atoms with E-state index in [-0.39, 0.29) is 11.8 Å². The molecule has 1 amide bonds. The van der Waals surface area contributed by atoms with Crippen molar-refractivity contribution in [3.05, 3.63) is 35.9 Å². The molecule has 1 aromatic carbocycles. The van der Waals surface area contributed by atoms with Crippen LogP contribution in [0.3, 0.4) is 0 Å². The highest BCUT2D eigenvalue weighted by Crippen LogP contribution is 2.47. The van der Waals surface area contributed by atoms with E-state index in [1.807, 2.05) is 6.07 Å². The highest BCUT2D eigenvalue weighted by molar-refractivity contribution is 5.82. The first-order valence-corrected chi connectivity index (χ1v) is 7.88. The average molecular weight is 272 g/mol. The maximum absolute atomic E-state index is 12.1. The van der Waals surface area contributed by atoms with Gasteiger partial charge in [-0.2, -0.15) is 0 Å². The van der Waals surface area contributed by atoms with Crippen molar-refractivity contribution < 1.29 is 4.79 Å². The molecule has 3 heteroatoms. The Kier molecular flexibility index (Phi) is 4.36. The summed E-state index contributed by atoms with van der Waals surface area (Å²) < 4.78 is 0. The largest absolute Gasteiger partial charge is 0.356 e. The van der Waals surface area contributed by atoms with Gasteiger partial charge in [0, 0.05) is 12.5 Å². The number of amides is 1. The van der Waals surface area contributed by atoms with E-state index in [0.29, 0.717) is 5.92 Å². The smallest absolute Gasteiger partial charge is 0.223 e. The van der Waals surface area contributed by atoms with Crippen molar-refractivity contribution in [3.63, 3.8) is 0 Å². The van der Waals surface area contributed by atoms with E-state index in [0.717, 1.165) is 38.4 Å². The molecule has 3 atom stereocenters. The van der Waals surface area contributed by atoms with Crippen LogP contribution in [0, 0.1) is 11.8 Å². The SMILES string of the molecule is O=C(NCCC1CCCNC1)C1CC1c1ccccc1. The van der Waals surface area contributed by atoms with E-state index in [4.69, 9.17) is 0 Å². The van der Waals surface area contributed by atoms with Gasteiger partial charge in [0.1, 0.15) is 0 Å². The molecule has 0 spiro atoms. The molecule has 20 heavy (non-hydrogen) atoms. The Hall–Kier alpha value is -1.35. The van der Waals surface area contributed by atoms with Crippen molar-refractivity contribution in [1.82, 2.24) is 10.6 Å². The molecule has 108 valence electrons. The Morgan fingerprint density at radius 3 is 2.90 bits per heavy atom. The fourth-order valence-corrected chi connectivity index (χ4v) is 3.25. The standard InChI is InChI=1S/C17H24N2O/c20-17(19-10-8-13-5-4-9-18-12-13)16-11-15(16)14-6-2-1-3-7-14/h1-3,6-7,13,15-16,18H,4-5,8-12H2,(H,19,20). The summed E-state index contributed by atoms with van der Waals surface area (Å²) >= 11 is 0. The maximum atomic E-state index is 12.1. The molecule has 3 nitrogen and oxygen atoms in total. The second-order valence-corrected chi connectivity index (χ2v) is 6.15. The third-order valence-electron chi connectivity index (χ3n) is 4.61. The number of rotatable bonds is 5. The molecular weight excluding hydrogens is 248 g/mol. The molecule has 1 aromatic rings. The number of carbonyl (C=O) groups excluding carboxylic acids is 1. The molecule has 2 aliphatic rings. The van der Waals surface area contributed by atoms with Crippen molar-refractivity contribution in [3.8, 4) is 0 Å². The molecule has 1 aliphatic heterocycles. The second kappa shape index (κ2) is 6.40. The highest BCUT2D eigenvalue weighted by atomic mass is 16.2. The first-order chi connectivity index (χ1) is 9.84. The van der Waals surface area contributed by atoms with Crippen LogP contribution < -0.4 is 10.6 Å². The third-order valence-corrected chi connectivity index (χ3v) is 4.61. The maximum Gasteiger partial charge on any atom is 0.223 e. The lowest BCUT2D eigenvalue weighted by Crippen LogP contribution is -2.33. The van der Waals surface area contributed by atoms with Crippen LogP contribution in [0.15, 0.2) is 30.3 Å². The number of hydrogen-bond acceptors (Lipinski definition) is 2. The molecule has 0 aromatic heterocycles. The molecule has 0 bridgehead atoms. The van der Waals surface area contributed by atoms with Gasteiger partial charge in [0.25, 0.3) is 0 Å². The zero-order chi connectivity index (χ0) is 13.8. The van der Waals surface area contributed by atoms with E-state index >= 15 is 0 Å². The molecule has 1 saturated heterocycles. The van der Waals surface area contributed by atoms with Crippen LogP contribution in [-0.2, 0) is 4.79 Å². The molecule has 1 aliphatic carbocycles. The van der Waals surface area contributed by atoms with Crippen LogP contribution in [0.25, 0.3) is 0 Å². The lowest BCUT2D eigenvalue weighted by atomic mass is 9.96. The topological polar surface area (TPSA) is 41.1 Å². The van der Waals surface area contributed by atoms with Crippen LogP contribution in [0.1, 0.15) is 37.2 Å². The van der Waals surface area contributed by atoms with Gasteiger partial charge in [0.05, 0.1) is 0 Å². The summed E-state index contributed by atoms with van der Waals surface area (Å²) in [6.07, 6.45) is 4.71. The van der Waals surface area contributed by atoms with Crippen LogP contribution in [0.4, 0.5) is 0 Å². The van der Waals surface area contributed by atoms with Crippen molar-refractivity contribution in [2.45, 2.75) is 31.6 Å². The van der Waals surface area contributed by atoms with E-state index < -0.39 is 0 Å². The number of carbonyl (C=O) groups is 1. The van der Waals surface area contributed by atoms with Gasteiger partial charge in [0.15, 0.2) is 0 Å². The molecule has 3 unspecified atom stereocenters. The van der Waals surface area contributed by atoms with Crippen LogP contribution in [0.5, 0.6) is 0 Å². The molecular formula is C17H24N2O. The van der Waals surface area contributed by atoms with Gasteiger partial charge in [-0.15, -0.1) is 0 Å². The summed E-state index contributed by atoms with van der Waals surface area (Å²) in [6, 6.07) is 10.4. The van der Waals surface area contributed by atoms with Crippen molar-refractivity contribution in [2.24, 2.45) is 11.8 Å². The van der Waals surface area contributed by atoms with Crippen molar-refractivity contribution in [1.29, 1.82) is 0 Å². The molecule has 1 saturated carbocycles. The third kappa shape index (κ3) is 3.40. The molecule has 1 heterocycles. The Bertz CT molecular complexity index is 440. The summed E-state index contributed by atoms with van der Waals surface area (Å²) in [5, 5.41) is 6.55. The first kappa shape index (κ1) is 13.6. The lowest BCUT2D eigenvalue weighted by Gasteiger charge is -2.22. The first-order valence-electron chi connectivity index (χ1n) is 7.88. The summed E-state index contributed by atoms with van der Waals surface area (Å²) in [4.78, 5) is 12.1. The predicted molar refractivity (Wildman–Crippen MR) is 80.5 cm³/mol. The minimum Gasteiger partial charge on any atom is -0.356 e. The average Bonchev–Trinajstić information content (AvgIpc) is 3.30. The zero-order valence-electron chi connectivity index (χ0n) is 12.0. The molecule has 0 radical (unpaired) electrons. The minimum absolute atomic E-state index is 0.210. The quantitative estimate of drug-likeness (QED) is 0.863. The zero-order valence-corrected chi connectivity index (χ0v) is 12.0. The van der Waals surface area contributed by atoms with Crippen LogP contribution in [-0.4, -0.2) is 25.5 Å². The fraction of sp³-hybridized carbons (Fsp3) is 0.588. The molecule has 2 N–H and O–H groups in total. The normalized spacial score (nSPS) is 28.9.